The SMILES string of the molecule is CCOc1ccc2ccccc2c1C(=O)N1CCN(Cc2nc(-c3ccc(OC)cc3)cs2)CC1. The summed E-state index contributed by atoms with van der Waals surface area (Å²) in [6.07, 6.45) is 0. The Bertz CT molecular complexity index is 1310. The first-order valence-electron chi connectivity index (χ1n) is 11.9. The molecule has 3 aromatic carbocycles. The van der Waals surface area contributed by atoms with Crippen molar-refractivity contribution in [3.05, 3.63) is 76.6 Å². The number of thiazole rings is 1. The number of amides is 1. The van der Waals surface area contributed by atoms with E-state index in [9.17, 15) is 4.79 Å². The zero-order chi connectivity index (χ0) is 24.2. The molecule has 1 amide bonds. The number of nitrogens with zero attached hydrogens (tertiary/aromatic N) is 3. The number of hydrogen-bond acceptors (Lipinski definition) is 6. The molecule has 5 rings (SSSR count). The second-order valence-corrected chi connectivity index (χ2v) is 9.46. The van der Waals surface area contributed by atoms with Crippen molar-refractivity contribution in [1.29, 1.82) is 0 Å². The molecule has 0 atom stereocenters. The lowest BCUT2D eigenvalue weighted by Gasteiger charge is -2.34. The van der Waals surface area contributed by atoms with Gasteiger partial charge in [-0.15, -0.1) is 11.3 Å². The third-order valence-electron chi connectivity index (χ3n) is 6.36. The molecular weight excluding hydrogens is 458 g/mol. The van der Waals surface area contributed by atoms with Crippen molar-refractivity contribution in [3.63, 3.8) is 0 Å². The number of ether oxygens (including phenoxy) is 2. The lowest BCUT2D eigenvalue weighted by Crippen LogP contribution is -2.48. The van der Waals surface area contributed by atoms with Crippen molar-refractivity contribution in [3.8, 4) is 22.8 Å². The molecule has 0 spiro atoms. The number of carbonyl (C=O) groups is 1. The summed E-state index contributed by atoms with van der Waals surface area (Å²) < 4.78 is 11.1. The summed E-state index contributed by atoms with van der Waals surface area (Å²) in [6.45, 7) is 6.27. The van der Waals surface area contributed by atoms with Crippen LogP contribution in [-0.4, -0.2) is 60.6 Å². The molecule has 1 aliphatic heterocycles. The van der Waals surface area contributed by atoms with E-state index < -0.39 is 0 Å². The Labute approximate surface area is 209 Å². The van der Waals surface area contributed by atoms with Crippen molar-refractivity contribution in [2.45, 2.75) is 13.5 Å². The number of fused-ring (bicyclic) bond motifs is 1. The molecular formula is C28H29N3O3S. The Kier molecular flexibility index (Phi) is 6.97. The van der Waals surface area contributed by atoms with Crippen LogP contribution in [0.25, 0.3) is 22.0 Å². The van der Waals surface area contributed by atoms with E-state index in [4.69, 9.17) is 14.5 Å². The number of aromatic nitrogens is 1. The minimum absolute atomic E-state index is 0.0425. The van der Waals surface area contributed by atoms with Gasteiger partial charge in [0.1, 0.15) is 16.5 Å². The van der Waals surface area contributed by atoms with Crippen LogP contribution in [0.15, 0.2) is 66.0 Å². The van der Waals surface area contributed by atoms with Crippen LogP contribution in [0, 0.1) is 0 Å². The topological polar surface area (TPSA) is 54.9 Å². The van der Waals surface area contributed by atoms with Gasteiger partial charge in [-0.25, -0.2) is 4.98 Å². The average molecular weight is 488 g/mol. The molecule has 0 unspecified atom stereocenters. The van der Waals surface area contributed by atoms with Crippen LogP contribution in [0.4, 0.5) is 0 Å². The molecule has 0 N–H and O–H groups in total. The van der Waals surface area contributed by atoms with E-state index in [0.717, 1.165) is 52.4 Å². The zero-order valence-electron chi connectivity index (χ0n) is 20.1. The molecule has 0 aliphatic carbocycles. The number of benzene rings is 3. The quantitative estimate of drug-likeness (QED) is 0.353. The van der Waals surface area contributed by atoms with Gasteiger partial charge in [0.2, 0.25) is 0 Å². The highest BCUT2D eigenvalue weighted by Crippen LogP contribution is 2.30. The van der Waals surface area contributed by atoms with Crippen LogP contribution in [0.2, 0.25) is 0 Å². The molecule has 4 aromatic rings. The molecule has 0 saturated carbocycles. The van der Waals surface area contributed by atoms with Crippen molar-refractivity contribution in [1.82, 2.24) is 14.8 Å². The van der Waals surface area contributed by atoms with Gasteiger partial charge in [-0.3, -0.25) is 9.69 Å². The average Bonchev–Trinajstić information content (AvgIpc) is 3.37. The van der Waals surface area contributed by atoms with E-state index in [1.807, 2.05) is 72.5 Å². The summed E-state index contributed by atoms with van der Waals surface area (Å²) in [4.78, 5) is 22.7. The lowest BCUT2D eigenvalue weighted by molar-refractivity contribution is 0.0626. The number of carbonyl (C=O) groups excluding carboxylic acids is 1. The van der Waals surface area contributed by atoms with Gasteiger partial charge >= 0.3 is 0 Å². The summed E-state index contributed by atoms with van der Waals surface area (Å²) in [5.74, 6) is 1.54. The van der Waals surface area contributed by atoms with Crippen LogP contribution >= 0.6 is 11.3 Å². The highest BCUT2D eigenvalue weighted by atomic mass is 32.1. The summed E-state index contributed by atoms with van der Waals surface area (Å²) in [5, 5.41) is 5.18. The predicted octanol–water partition coefficient (Wildman–Crippen LogP) is 5.33. The Morgan fingerprint density at radius 1 is 1.00 bits per heavy atom. The molecule has 1 aromatic heterocycles. The van der Waals surface area contributed by atoms with E-state index in [1.165, 1.54) is 0 Å². The van der Waals surface area contributed by atoms with E-state index >= 15 is 0 Å². The Hall–Kier alpha value is -3.42. The smallest absolute Gasteiger partial charge is 0.258 e. The van der Waals surface area contributed by atoms with Crippen LogP contribution in [0.3, 0.4) is 0 Å². The highest BCUT2D eigenvalue weighted by molar-refractivity contribution is 7.09. The maximum Gasteiger partial charge on any atom is 0.258 e. The minimum atomic E-state index is 0.0425. The van der Waals surface area contributed by atoms with E-state index in [-0.39, 0.29) is 5.91 Å². The van der Waals surface area contributed by atoms with Gasteiger partial charge in [0.05, 0.1) is 31.5 Å². The summed E-state index contributed by atoms with van der Waals surface area (Å²) in [6, 6.07) is 19.9. The van der Waals surface area contributed by atoms with Crippen molar-refractivity contribution in [2.24, 2.45) is 0 Å². The molecule has 1 aliphatic rings. The molecule has 35 heavy (non-hydrogen) atoms. The van der Waals surface area contributed by atoms with Crippen LogP contribution in [0.5, 0.6) is 11.5 Å². The summed E-state index contributed by atoms with van der Waals surface area (Å²) >= 11 is 1.68. The molecule has 0 bridgehead atoms. The monoisotopic (exact) mass is 487 g/mol. The Morgan fingerprint density at radius 3 is 2.51 bits per heavy atom. The fraction of sp³-hybridized carbons (Fsp3) is 0.286. The molecule has 0 radical (unpaired) electrons. The molecule has 1 fully saturated rings. The van der Waals surface area contributed by atoms with E-state index in [1.54, 1.807) is 18.4 Å². The molecule has 180 valence electrons. The second-order valence-electron chi connectivity index (χ2n) is 8.52. The van der Waals surface area contributed by atoms with E-state index in [2.05, 4.69) is 10.3 Å². The minimum Gasteiger partial charge on any atom is -0.497 e. The first-order valence-corrected chi connectivity index (χ1v) is 12.8. The molecule has 2 heterocycles. The molecule has 1 saturated heterocycles. The van der Waals surface area contributed by atoms with Crippen LogP contribution in [-0.2, 0) is 6.54 Å². The van der Waals surface area contributed by atoms with Crippen LogP contribution < -0.4 is 9.47 Å². The third kappa shape index (κ3) is 5.01. The Balaban J connectivity index is 1.25. The fourth-order valence-electron chi connectivity index (χ4n) is 4.48. The van der Waals surface area contributed by atoms with Gasteiger partial charge in [0.25, 0.3) is 5.91 Å². The summed E-state index contributed by atoms with van der Waals surface area (Å²) in [5.41, 5.74) is 2.74. The summed E-state index contributed by atoms with van der Waals surface area (Å²) in [7, 11) is 1.67. The maximum atomic E-state index is 13.6. The van der Waals surface area contributed by atoms with Crippen molar-refractivity contribution in [2.75, 3.05) is 39.9 Å². The van der Waals surface area contributed by atoms with Gasteiger partial charge in [-0.05, 0) is 48.0 Å². The normalized spacial score (nSPS) is 14.3. The zero-order valence-corrected chi connectivity index (χ0v) is 20.9. The van der Waals surface area contributed by atoms with Gasteiger partial charge in [0, 0.05) is 37.1 Å². The van der Waals surface area contributed by atoms with Gasteiger partial charge in [0.15, 0.2) is 0 Å². The first kappa shape index (κ1) is 23.3. The third-order valence-corrected chi connectivity index (χ3v) is 7.19. The lowest BCUT2D eigenvalue weighted by atomic mass is 10.0. The second kappa shape index (κ2) is 10.5. The predicted molar refractivity (Wildman–Crippen MR) is 140 cm³/mol. The van der Waals surface area contributed by atoms with E-state index in [0.29, 0.717) is 31.0 Å². The van der Waals surface area contributed by atoms with Gasteiger partial charge in [-0.1, -0.05) is 30.3 Å². The molecule has 6 nitrogen and oxygen atoms in total. The van der Waals surface area contributed by atoms with Gasteiger partial charge < -0.3 is 14.4 Å². The number of methoxy groups -OCH3 is 1. The standard InChI is InChI=1S/C28H29N3O3S/c1-3-34-25-13-10-20-6-4-5-7-23(20)27(25)28(32)31-16-14-30(15-17-31)18-26-29-24(19-35-26)21-8-11-22(33-2)12-9-21/h4-13,19H,3,14-18H2,1-2H3. The fourth-order valence-corrected chi connectivity index (χ4v) is 5.33. The number of hydrogen-bond donors (Lipinski definition) is 0. The highest BCUT2D eigenvalue weighted by Gasteiger charge is 2.26. The van der Waals surface area contributed by atoms with Crippen molar-refractivity contribution >= 4 is 28.0 Å². The maximum absolute atomic E-state index is 13.6. The Morgan fingerprint density at radius 2 is 1.77 bits per heavy atom. The number of rotatable bonds is 7. The van der Waals surface area contributed by atoms with Crippen LogP contribution in [0.1, 0.15) is 22.3 Å². The van der Waals surface area contributed by atoms with Crippen molar-refractivity contribution < 1.29 is 14.3 Å². The number of piperazine rings is 1. The first-order chi connectivity index (χ1) is 17.2. The largest absolute Gasteiger partial charge is 0.497 e. The molecule has 7 heteroatoms. The van der Waals surface area contributed by atoms with Gasteiger partial charge in [-0.2, -0.15) is 0 Å².